The van der Waals surface area contributed by atoms with Crippen molar-refractivity contribution >= 4 is 33.4 Å². The van der Waals surface area contributed by atoms with Crippen molar-refractivity contribution in [1.82, 2.24) is 14.5 Å². The van der Waals surface area contributed by atoms with Gasteiger partial charge < -0.3 is 15.0 Å². The molecule has 0 aliphatic carbocycles. The molecule has 1 atom stereocenters. The van der Waals surface area contributed by atoms with Crippen molar-refractivity contribution in [2.45, 2.75) is 19.1 Å². The fourth-order valence-electron chi connectivity index (χ4n) is 3.74. The Hall–Kier alpha value is -3.40. The van der Waals surface area contributed by atoms with Gasteiger partial charge in [0.1, 0.15) is 11.8 Å². The molecule has 0 aliphatic rings. The van der Waals surface area contributed by atoms with Gasteiger partial charge in [0.15, 0.2) is 0 Å². The highest BCUT2D eigenvalue weighted by Gasteiger charge is 2.33. The summed E-state index contributed by atoms with van der Waals surface area (Å²) in [6, 6.07) is 22.1. The van der Waals surface area contributed by atoms with Crippen LogP contribution in [0.5, 0.6) is 5.75 Å². The van der Waals surface area contributed by atoms with Crippen LogP contribution in [0.3, 0.4) is 0 Å². The average Bonchev–Trinajstić information content (AvgIpc) is 2.88. The molecule has 1 unspecified atom stereocenters. The summed E-state index contributed by atoms with van der Waals surface area (Å²) < 4.78 is 30.4. The van der Waals surface area contributed by atoms with Gasteiger partial charge in [-0.3, -0.25) is 9.59 Å². The Bertz CT molecular complexity index is 1320. The lowest BCUT2D eigenvalue weighted by molar-refractivity contribution is -0.141. The highest BCUT2D eigenvalue weighted by molar-refractivity contribution is 7.88. The number of hydrogen-bond acceptors (Lipinski definition) is 5. The number of para-hydroxylation sites is 1. The number of nitrogens with zero attached hydrogens (tertiary/aromatic N) is 2. The Morgan fingerprint density at radius 2 is 1.59 bits per heavy atom. The summed E-state index contributed by atoms with van der Waals surface area (Å²) in [5.74, 6) is -0.312. The molecular formula is C27H30ClN3O5S. The van der Waals surface area contributed by atoms with E-state index in [0.29, 0.717) is 16.3 Å². The molecule has 0 radical (unpaired) electrons. The van der Waals surface area contributed by atoms with Crippen LogP contribution in [-0.4, -0.2) is 56.4 Å². The quantitative estimate of drug-likeness (QED) is 0.398. The summed E-state index contributed by atoms with van der Waals surface area (Å²) in [6.45, 7) is -0.177. The van der Waals surface area contributed by atoms with Crippen LogP contribution in [0.4, 0.5) is 0 Å². The number of hydrogen-bond donors (Lipinski definition) is 1. The minimum Gasteiger partial charge on any atom is -0.496 e. The molecule has 3 aromatic carbocycles. The lowest BCUT2D eigenvalue weighted by Gasteiger charge is -2.32. The maximum atomic E-state index is 13.7. The van der Waals surface area contributed by atoms with E-state index in [0.717, 1.165) is 21.7 Å². The smallest absolute Gasteiger partial charge is 0.247 e. The largest absolute Gasteiger partial charge is 0.496 e. The predicted molar refractivity (Wildman–Crippen MR) is 143 cm³/mol. The molecule has 0 aliphatic heterocycles. The fraction of sp³-hybridized carbons (Fsp3) is 0.259. The van der Waals surface area contributed by atoms with Crippen LogP contribution in [0.1, 0.15) is 22.7 Å². The van der Waals surface area contributed by atoms with E-state index in [-0.39, 0.29) is 13.1 Å². The number of sulfonamides is 1. The molecule has 1 N–H and O–H groups in total. The maximum absolute atomic E-state index is 13.7. The highest BCUT2D eigenvalue weighted by atomic mass is 35.5. The standard InChI is InChI=1S/C27H30ClN3O5S/c1-30(37(3,34)35)19-25(32)31(18-20-13-15-23(28)16-14-20)26(21-9-5-4-6-10-21)27(33)29-17-22-11-7-8-12-24(22)36-2/h4-16,26H,17-19H2,1-3H3,(H,29,33). The third kappa shape index (κ3) is 7.79. The molecule has 0 aromatic heterocycles. The number of ether oxygens (including phenoxy) is 1. The topological polar surface area (TPSA) is 96.0 Å². The highest BCUT2D eigenvalue weighted by Crippen LogP contribution is 2.26. The molecule has 2 amide bonds. The number of rotatable bonds is 11. The summed E-state index contributed by atoms with van der Waals surface area (Å²) in [6.07, 6.45) is 1.03. The first kappa shape index (κ1) is 28.2. The van der Waals surface area contributed by atoms with Crippen LogP contribution < -0.4 is 10.1 Å². The number of carbonyl (C=O) groups is 2. The monoisotopic (exact) mass is 543 g/mol. The normalized spacial score (nSPS) is 12.1. The van der Waals surface area contributed by atoms with Gasteiger partial charge >= 0.3 is 0 Å². The van der Waals surface area contributed by atoms with Crippen molar-refractivity contribution in [3.63, 3.8) is 0 Å². The van der Waals surface area contributed by atoms with Crippen molar-refractivity contribution in [1.29, 1.82) is 0 Å². The van der Waals surface area contributed by atoms with Crippen LogP contribution in [0.15, 0.2) is 78.9 Å². The van der Waals surface area contributed by atoms with Gasteiger partial charge in [0.2, 0.25) is 21.8 Å². The SMILES string of the molecule is COc1ccccc1CNC(=O)C(c1ccccc1)N(Cc1ccc(Cl)cc1)C(=O)CN(C)S(C)(=O)=O. The minimum atomic E-state index is -3.62. The Kier molecular flexibility index (Phi) is 9.68. The van der Waals surface area contributed by atoms with Crippen molar-refractivity contribution in [2.75, 3.05) is 27.0 Å². The van der Waals surface area contributed by atoms with Gasteiger partial charge in [-0.15, -0.1) is 0 Å². The molecule has 0 saturated carbocycles. The molecule has 0 heterocycles. The Balaban J connectivity index is 1.98. The second kappa shape index (κ2) is 12.7. The van der Waals surface area contributed by atoms with E-state index in [1.807, 2.05) is 24.3 Å². The average molecular weight is 544 g/mol. The van der Waals surface area contributed by atoms with E-state index in [1.54, 1.807) is 61.7 Å². The first-order valence-electron chi connectivity index (χ1n) is 11.5. The second-order valence-corrected chi connectivity index (χ2v) is 11.0. The zero-order chi connectivity index (χ0) is 27.0. The number of halogens is 1. The summed E-state index contributed by atoms with van der Waals surface area (Å²) in [5.41, 5.74) is 2.10. The molecule has 0 spiro atoms. The van der Waals surface area contributed by atoms with Gasteiger partial charge in [-0.05, 0) is 29.3 Å². The molecule has 10 heteroatoms. The minimum absolute atomic E-state index is 0.0647. The molecular weight excluding hydrogens is 514 g/mol. The van der Waals surface area contributed by atoms with E-state index >= 15 is 0 Å². The number of methoxy groups -OCH3 is 1. The van der Waals surface area contributed by atoms with Crippen molar-refractivity contribution in [3.8, 4) is 5.75 Å². The summed E-state index contributed by atoms with van der Waals surface area (Å²) >= 11 is 6.03. The predicted octanol–water partition coefficient (Wildman–Crippen LogP) is 3.63. The van der Waals surface area contributed by atoms with Crippen molar-refractivity contribution < 1.29 is 22.7 Å². The zero-order valence-corrected chi connectivity index (χ0v) is 22.5. The molecule has 0 bridgehead atoms. The number of amides is 2. The van der Waals surface area contributed by atoms with Crippen LogP contribution in [-0.2, 0) is 32.7 Å². The number of benzene rings is 3. The number of nitrogens with one attached hydrogen (secondary N) is 1. The number of carbonyl (C=O) groups excluding carboxylic acids is 2. The molecule has 196 valence electrons. The van der Waals surface area contributed by atoms with E-state index in [9.17, 15) is 18.0 Å². The Labute approximate surface area is 222 Å². The van der Waals surface area contributed by atoms with Crippen LogP contribution in [0.25, 0.3) is 0 Å². The summed E-state index contributed by atoms with van der Waals surface area (Å²) in [4.78, 5) is 28.6. The first-order chi connectivity index (χ1) is 17.6. The first-order valence-corrected chi connectivity index (χ1v) is 13.7. The fourth-order valence-corrected chi connectivity index (χ4v) is 4.22. The van der Waals surface area contributed by atoms with Gasteiger partial charge in [0.25, 0.3) is 0 Å². The molecule has 37 heavy (non-hydrogen) atoms. The lowest BCUT2D eigenvalue weighted by Crippen LogP contribution is -2.47. The van der Waals surface area contributed by atoms with Crippen molar-refractivity contribution in [2.24, 2.45) is 0 Å². The number of likely N-dealkylation sites (N-methyl/N-ethyl adjacent to an activating group) is 1. The van der Waals surface area contributed by atoms with Crippen LogP contribution in [0.2, 0.25) is 5.02 Å². The van der Waals surface area contributed by atoms with E-state index in [2.05, 4.69) is 5.32 Å². The maximum Gasteiger partial charge on any atom is 0.247 e. The van der Waals surface area contributed by atoms with Gasteiger partial charge in [-0.25, -0.2) is 8.42 Å². The third-order valence-corrected chi connectivity index (χ3v) is 7.34. The zero-order valence-electron chi connectivity index (χ0n) is 20.9. The summed E-state index contributed by atoms with van der Waals surface area (Å²) in [5, 5.41) is 3.46. The van der Waals surface area contributed by atoms with E-state index in [1.165, 1.54) is 11.9 Å². The molecule has 3 rings (SSSR count). The lowest BCUT2D eigenvalue weighted by atomic mass is 10.0. The Morgan fingerprint density at radius 1 is 0.973 bits per heavy atom. The van der Waals surface area contributed by atoms with Gasteiger partial charge in [0, 0.05) is 30.7 Å². The van der Waals surface area contributed by atoms with Gasteiger partial charge in [-0.2, -0.15) is 4.31 Å². The molecule has 8 nitrogen and oxygen atoms in total. The summed E-state index contributed by atoms with van der Waals surface area (Å²) in [7, 11) is -0.740. The van der Waals surface area contributed by atoms with Gasteiger partial charge in [0.05, 0.1) is 19.9 Å². The van der Waals surface area contributed by atoms with Gasteiger partial charge in [-0.1, -0.05) is 72.3 Å². The van der Waals surface area contributed by atoms with E-state index < -0.39 is 34.4 Å². The van der Waals surface area contributed by atoms with Crippen LogP contribution >= 0.6 is 11.6 Å². The van der Waals surface area contributed by atoms with Crippen LogP contribution in [0, 0.1) is 0 Å². The molecule has 3 aromatic rings. The third-order valence-electron chi connectivity index (χ3n) is 5.83. The van der Waals surface area contributed by atoms with E-state index in [4.69, 9.17) is 16.3 Å². The molecule has 0 fully saturated rings. The van der Waals surface area contributed by atoms with Crippen molar-refractivity contribution in [3.05, 3.63) is 101 Å². The Morgan fingerprint density at radius 3 is 2.22 bits per heavy atom. The molecule has 0 saturated heterocycles. The second-order valence-electron chi connectivity index (χ2n) is 8.51.